The highest BCUT2D eigenvalue weighted by atomic mass is 35.5. The van der Waals surface area contributed by atoms with Gasteiger partial charge in [0.25, 0.3) is 5.91 Å². The van der Waals surface area contributed by atoms with Crippen molar-refractivity contribution in [3.05, 3.63) is 99.6 Å². The smallest absolute Gasteiger partial charge is 0.251 e. The summed E-state index contributed by atoms with van der Waals surface area (Å²) in [6, 6.07) is 18.5. The topological polar surface area (TPSA) is 168 Å². The first-order chi connectivity index (χ1) is 31.1. The van der Waals surface area contributed by atoms with Gasteiger partial charge in [-0.25, -0.2) is 4.98 Å². The van der Waals surface area contributed by atoms with Gasteiger partial charge in [-0.15, -0.1) is 11.3 Å². The van der Waals surface area contributed by atoms with Crippen LogP contribution in [0.25, 0.3) is 10.4 Å². The number of aromatic nitrogens is 1. The molecule has 4 amide bonds. The second-order valence-corrected chi connectivity index (χ2v) is 21.2. The van der Waals surface area contributed by atoms with Crippen molar-refractivity contribution in [2.75, 3.05) is 31.6 Å². The Bertz CT molecular complexity index is 2380. The van der Waals surface area contributed by atoms with E-state index in [9.17, 15) is 24.0 Å². The Kier molecular flexibility index (Phi) is 15.7. The maximum Gasteiger partial charge on any atom is 0.251 e. The number of likely N-dealkylation sites (tertiary alicyclic amines) is 1. The van der Waals surface area contributed by atoms with Gasteiger partial charge in [0, 0.05) is 52.7 Å². The van der Waals surface area contributed by atoms with Gasteiger partial charge in [-0.1, -0.05) is 90.4 Å². The number of hydrogen-bond donors (Lipinski definition) is 4. The lowest BCUT2D eigenvalue weighted by Crippen LogP contribution is -2.74. The molecule has 13 nitrogen and oxygen atoms in total. The van der Waals surface area contributed by atoms with E-state index in [1.54, 1.807) is 23.5 Å². The number of Topliss-reactive ketones (excluding diaryl/α,β-unsaturated/α-hetero) is 1. The summed E-state index contributed by atoms with van der Waals surface area (Å²) >= 11 is 7.91. The van der Waals surface area contributed by atoms with Crippen molar-refractivity contribution in [1.82, 2.24) is 25.8 Å². The first-order valence-corrected chi connectivity index (χ1v) is 23.9. The monoisotopic (exact) mass is 940 g/mol. The summed E-state index contributed by atoms with van der Waals surface area (Å²) in [7, 11) is 0. The zero-order valence-corrected chi connectivity index (χ0v) is 41.4. The van der Waals surface area contributed by atoms with Gasteiger partial charge in [0.1, 0.15) is 30.5 Å². The first kappa shape index (κ1) is 50.1. The van der Waals surface area contributed by atoms with E-state index < -0.39 is 35.2 Å². The molecule has 0 radical (unpaired) electrons. The van der Waals surface area contributed by atoms with Gasteiger partial charge in [-0.3, -0.25) is 24.0 Å². The molecule has 66 heavy (non-hydrogen) atoms. The summed E-state index contributed by atoms with van der Waals surface area (Å²) in [4.78, 5) is 73.5. The summed E-state index contributed by atoms with van der Waals surface area (Å²) in [5.41, 5.74) is 5.75. The number of rotatable bonds is 18. The van der Waals surface area contributed by atoms with Crippen LogP contribution >= 0.6 is 22.9 Å². The molecule has 2 heterocycles. The van der Waals surface area contributed by atoms with E-state index in [1.165, 1.54) is 4.90 Å². The normalized spacial score (nSPS) is 19.6. The highest BCUT2D eigenvalue weighted by Crippen LogP contribution is 2.55. The molecule has 6 rings (SSSR count). The summed E-state index contributed by atoms with van der Waals surface area (Å²) < 4.78 is 12.1. The molecule has 2 fully saturated rings. The SMILES string of the molecule is Cc1ccc(OC2C(C)(C)C(NC(=O)c3ccc(NCCCCOCC(=O)NC(C(=O)N4CC(=O)CC4C(=O)N[C@H](C)c4ccc(-c5scnc5C)cc4)C(C)(C)C)cc3)C2(C)C)cc1Cl. The van der Waals surface area contributed by atoms with Crippen molar-refractivity contribution in [2.24, 2.45) is 16.2 Å². The zero-order chi connectivity index (χ0) is 48.1. The molecule has 0 spiro atoms. The Balaban J connectivity index is 0.906. The molecule has 1 saturated carbocycles. The number of carbonyl (C=O) groups is 5. The van der Waals surface area contributed by atoms with E-state index in [-0.39, 0.29) is 60.3 Å². The molecule has 0 bridgehead atoms. The van der Waals surface area contributed by atoms with Crippen LogP contribution in [0.3, 0.4) is 0 Å². The molecule has 1 aliphatic heterocycles. The third kappa shape index (κ3) is 11.6. The van der Waals surface area contributed by atoms with Crippen LogP contribution in [-0.2, 0) is 23.9 Å². The Morgan fingerprint density at radius 3 is 2.24 bits per heavy atom. The summed E-state index contributed by atoms with van der Waals surface area (Å²) in [5.74, 6) is -1.04. The predicted octanol–water partition coefficient (Wildman–Crippen LogP) is 8.48. The van der Waals surface area contributed by atoms with Crippen molar-refractivity contribution >= 4 is 58.0 Å². The molecule has 4 N–H and O–H groups in total. The fourth-order valence-electron chi connectivity index (χ4n) is 9.33. The van der Waals surface area contributed by atoms with Crippen LogP contribution in [0.5, 0.6) is 5.75 Å². The van der Waals surface area contributed by atoms with Crippen molar-refractivity contribution in [2.45, 2.75) is 119 Å². The molecular weight excluding hydrogens is 876 g/mol. The molecule has 1 aliphatic carbocycles. The largest absolute Gasteiger partial charge is 0.489 e. The van der Waals surface area contributed by atoms with Crippen LogP contribution in [0, 0.1) is 30.1 Å². The number of carbonyl (C=O) groups excluding carboxylic acids is 5. The molecule has 354 valence electrons. The van der Waals surface area contributed by atoms with Crippen LogP contribution < -0.4 is 26.0 Å². The maximum absolute atomic E-state index is 14.0. The number of aryl methyl sites for hydroxylation is 2. The van der Waals surface area contributed by atoms with E-state index >= 15 is 0 Å². The van der Waals surface area contributed by atoms with Crippen LogP contribution in [0.2, 0.25) is 5.02 Å². The van der Waals surface area contributed by atoms with E-state index in [0.717, 1.165) is 39.4 Å². The zero-order valence-electron chi connectivity index (χ0n) is 39.8. The molecule has 1 saturated heterocycles. The quantitative estimate of drug-likeness (QED) is 0.0716. The molecule has 2 unspecified atom stereocenters. The van der Waals surface area contributed by atoms with E-state index in [4.69, 9.17) is 21.1 Å². The number of nitrogens with zero attached hydrogens (tertiary/aromatic N) is 2. The van der Waals surface area contributed by atoms with E-state index in [0.29, 0.717) is 35.9 Å². The van der Waals surface area contributed by atoms with Crippen molar-refractivity contribution in [3.8, 4) is 16.2 Å². The van der Waals surface area contributed by atoms with Gasteiger partial charge in [0.15, 0.2) is 5.78 Å². The number of hydrogen-bond acceptors (Lipinski definition) is 10. The van der Waals surface area contributed by atoms with Gasteiger partial charge in [0.2, 0.25) is 17.7 Å². The minimum absolute atomic E-state index is 0.0965. The number of nitrogens with one attached hydrogen (secondary N) is 4. The lowest BCUT2D eigenvalue weighted by atomic mass is 9.49. The van der Waals surface area contributed by atoms with Crippen LogP contribution in [0.1, 0.15) is 108 Å². The Labute approximate surface area is 398 Å². The summed E-state index contributed by atoms with van der Waals surface area (Å²) in [6.07, 6.45) is 1.22. The summed E-state index contributed by atoms with van der Waals surface area (Å²) in [6.45, 7) is 20.2. The third-order valence-electron chi connectivity index (χ3n) is 12.9. The highest BCUT2D eigenvalue weighted by Gasteiger charge is 2.64. The minimum atomic E-state index is -0.995. The van der Waals surface area contributed by atoms with Gasteiger partial charge in [-0.2, -0.15) is 0 Å². The number of ketones is 1. The molecule has 3 aromatic carbocycles. The van der Waals surface area contributed by atoms with Gasteiger partial charge in [0.05, 0.1) is 28.7 Å². The number of anilines is 1. The fraction of sp³-hybridized carbons (Fsp3) is 0.490. The number of halogens is 1. The minimum Gasteiger partial charge on any atom is -0.489 e. The average Bonchev–Trinajstić information content (AvgIpc) is 3.89. The highest BCUT2D eigenvalue weighted by molar-refractivity contribution is 7.13. The summed E-state index contributed by atoms with van der Waals surface area (Å²) in [5, 5.41) is 13.1. The third-order valence-corrected chi connectivity index (χ3v) is 14.2. The van der Waals surface area contributed by atoms with Crippen molar-refractivity contribution < 1.29 is 33.4 Å². The van der Waals surface area contributed by atoms with Gasteiger partial charge >= 0.3 is 0 Å². The maximum atomic E-state index is 14.0. The molecule has 1 aromatic heterocycles. The van der Waals surface area contributed by atoms with Gasteiger partial charge in [-0.05, 0) is 92.1 Å². The van der Waals surface area contributed by atoms with E-state index in [2.05, 4.69) is 53.9 Å². The molecule has 4 aromatic rings. The van der Waals surface area contributed by atoms with E-state index in [1.807, 2.05) is 102 Å². The number of ether oxygens (including phenoxy) is 2. The van der Waals surface area contributed by atoms with Crippen LogP contribution in [0.15, 0.2) is 72.2 Å². The second kappa shape index (κ2) is 20.7. The molecule has 15 heteroatoms. The fourth-order valence-corrected chi connectivity index (χ4v) is 10.3. The van der Waals surface area contributed by atoms with Crippen molar-refractivity contribution in [1.29, 1.82) is 0 Å². The Morgan fingerprint density at radius 1 is 0.939 bits per heavy atom. The van der Waals surface area contributed by atoms with Crippen molar-refractivity contribution in [3.63, 3.8) is 0 Å². The standard InChI is InChI=1S/C51H65ClN6O7S/c1-30-13-22-38(26-39(30)52)65-48-50(7,8)47(51(48,9)10)57-44(61)35-18-20-36(21-19-35)53-23-11-12-24-64-28-41(60)56-43(49(4,5)6)46(63)58-27-37(59)25-40(58)45(62)55-31(2)33-14-16-34(17-15-33)42-32(3)54-29-66-42/h13-22,26,29,31,40,43,47-48,53H,11-12,23-25,27-28H2,1-10H3,(H,55,62)(H,56,60)(H,57,61)/t31-,40?,43?,47?,48?/m1/s1. The number of thiazole rings is 1. The number of unbranched alkanes of at least 4 members (excludes halogenated alkanes) is 1. The van der Waals surface area contributed by atoms with Crippen LogP contribution in [0.4, 0.5) is 5.69 Å². The molecular formula is C51H65ClN6O7S. The number of amides is 4. The second-order valence-electron chi connectivity index (χ2n) is 19.9. The lowest BCUT2D eigenvalue weighted by Gasteiger charge is -2.63. The average molecular weight is 942 g/mol. The predicted molar refractivity (Wildman–Crippen MR) is 260 cm³/mol. The molecule has 2 aliphatic rings. The first-order valence-electron chi connectivity index (χ1n) is 22.7. The van der Waals surface area contributed by atoms with Crippen LogP contribution in [-0.4, -0.2) is 89.8 Å². The molecule has 3 atom stereocenters. The lowest BCUT2D eigenvalue weighted by molar-refractivity contribution is -0.164. The Hall–Kier alpha value is -5.31. The van der Waals surface area contributed by atoms with Gasteiger partial charge < -0.3 is 35.6 Å². The Morgan fingerprint density at radius 2 is 1.62 bits per heavy atom. The number of benzene rings is 3.